The zero-order valence-electron chi connectivity index (χ0n) is 6.00. The van der Waals surface area contributed by atoms with E-state index in [0.717, 1.165) is 6.42 Å². The third-order valence-electron chi connectivity index (χ3n) is 1.10. The second-order valence-electron chi connectivity index (χ2n) is 1.94. The van der Waals surface area contributed by atoms with Crippen molar-refractivity contribution < 1.29 is 4.79 Å². The van der Waals surface area contributed by atoms with Gasteiger partial charge in [-0.05, 0) is 6.42 Å². The Balaban J connectivity index is 3.42. The molecule has 0 aromatic heterocycles. The van der Waals surface area contributed by atoms with E-state index in [1.807, 2.05) is 6.92 Å². The average Bonchev–Trinajstić information content (AvgIpc) is 1.98. The van der Waals surface area contributed by atoms with Crippen LogP contribution >= 0.6 is 25.3 Å². The summed E-state index contributed by atoms with van der Waals surface area (Å²) in [5, 5.41) is 2.52. The summed E-state index contributed by atoms with van der Waals surface area (Å²) < 4.78 is 0. The molecule has 0 rings (SSSR count). The number of hydrogen-bond acceptors (Lipinski definition) is 3. The van der Waals surface area contributed by atoms with Gasteiger partial charge in [-0.25, -0.2) is 0 Å². The molecule has 0 bridgehead atoms. The van der Waals surface area contributed by atoms with Crippen molar-refractivity contribution in [2.24, 2.45) is 0 Å². The van der Waals surface area contributed by atoms with E-state index in [0.29, 0.717) is 12.3 Å². The number of amides is 1. The van der Waals surface area contributed by atoms with Crippen LogP contribution in [0.4, 0.5) is 0 Å². The van der Waals surface area contributed by atoms with Gasteiger partial charge in [0.05, 0.1) is 5.25 Å². The predicted molar refractivity (Wildman–Crippen MR) is 49.9 cm³/mol. The van der Waals surface area contributed by atoms with Crippen LogP contribution in [0.5, 0.6) is 0 Å². The molecule has 1 N–H and O–H groups in total. The lowest BCUT2D eigenvalue weighted by molar-refractivity contribution is -0.120. The first-order chi connectivity index (χ1) is 4.72. The van der Waals surface area contributed by atoms with Crippen molar-refractivity contribution >= 4 is 31.2 Å². The lowest BCUT2D eigenvalue weighted by Crippen LogP contribution is -2.32. The molecule has 4 heteroatoms. The van der Waals surface area contributed by atoms with Gasteiger partial charge in [0.1, 0.15) is 0 Å². The van der Waals surface area contributed by atoms with Gasteiger partial charge in [-0.1, -0.05) is 6.92 Å². The van der Waals surface area contributed by atoms with Crippen LogP contribution in [-0.2, 0) is 4.79 Å². The first kappa shape index (κ1) is 10.2. The summed E-state index contributed by atoms with van der Waals surface area (Å²) in [5.41, 5.74) is 0. The molecule has 60 valence electrons. The number of rotatable bonds is 4. The normalized spacial score (nSPS) is 12.7. The average molecular weight is 179 g/mol. The minimum Gasteiger partial charge on any atom is -0.354 e. The van der Waals surface area contributed by atoms with Crippen LogP contribution in [0.15, 0.2) is 0 Å². The van der Waals surface area contributed by atoms with Crippen LogP contribution in [0.1, 0.15) is 13.3 Å². The van der Waals surface area contributed by atoms with Crippen molar-refractivity contribution in [2.45, 2.75) is 18.6 Å². The Morgan fingerprint density at radius 3 is 2.70 bits per heavy atom. The van der Waals surface area contributed by atoms with E-state index < -0.39 is 0 Å². The number of hydrogen-bond donors (Lipinski definition) is 3. The molecule has 1 amide bonds. The maximum atomic E-state index is 10.9. The van der Waals surface area contributed by atoms with E-state index in [9.17, 15) is 4.79 Å². The fourth-order valence-corrected chi connectivity index (χ4v) is 0.685. The largest absolute Gasteiger partial charge is 0.354 e. The van der Waals surface area contributed by atoms with Crippen LogP contribution in [0.3, 0.4) is 0 Å². The fraction of sp³-hybridized carbons (Fsp3) is 0.833. The van der Waals surface area contributed by atoms with Crippen LogP contribution < -0.4 is 5.32 Å². The lowest BCUT2D eigenvalue weighted by Gasteiger charge is -2.06. The Morgan fingerprint density at radius 1 is 1.70 bits per heavy atom. The molecule has 0 heterocycles. The van der Waals surface area contributed by atoms with Crippen molar-refractivity contribution in [2.75, 3.05) is 12.3 Å². The summed E-state index contributed by atoms with van der Waals surface area (Å²) in [7, 11) is 0. The molecule has 1 unspecified atom stereocenters. The van der Waals surface area contributed by atoms with Crippen molar-refractivity contribution in [3.05, 3.63) is 0 Å². The summed E-state index contributed by atoms with van der Waals surface area (Å²) in [6.45, 7) is 2.55. The maximum absolute atomic E-state index is 10.9. The Kier molecular flexibility index (Phi) is 6.02. The Labute approximate surface area is 72.6 Å². The second kappa shape index (κ2) is 5.92. The molecule has 0 aliphatic heterocycles. The van der Waals surface area contributed by atoms with E-state index in [4.69, 9.17) is 0 Å². The summed E-state index contributed by atoms with van der Waals surface area (Å²) >= 11 is 8.01. The zero-order chi connectivity index (χ0) is 7.98. The van der Waals surface area contributed by atoms with Crippen LogP contribution in [0, 0.1) is 0 Å². The summed E-state index contributed by atoms with van der Waals surface area (Å²) in [5.74, 6) is 0.676. The van der Waals surface area contributed by atoms with Crippen molar-refractivity contribution in [1.82, 2.24) is 5.32 Å². The predicted octanol–water partition coefficient (Wildman–Crippen LogP) is 0.741. The quantitative estimate of drug-likeness (QED) is 0.546. The second-order valence-corrected chi connectivity index (χ2v) is 3.01. The van der Waals surface area contributed by atoms with E-state index in [2.05, 4.69) is 30.6 Å². The first-order valence-electron chi connectivity index (χ1n) is 3.29. The highest BCUT2D eigenvalue weighted by Crippen LogP contribution is 1.98. The highest BCUT2D eigenvalue weighted by Gasteiger charge is 2.08. The standard InChI is InChI=1S/C6H13NOS2/c1-2-5(10)6(8)7-3-4-9/h5,9-10H,2-4H2,1H3,(H,7,8). The molecular formula is C6H13NOS2. The highest BCUT2D eigenvalue weighted by atomic mass is 32.1. The molecule has 0 radical (unpaired) electrons. The van der Waals surface area contributed by atoms with Gasteiger partial charge in [0.2, 0.25) is 5.91 Å². The van der Waals surface area contributed by atoms with Crippen LogP contribution in [-0.4, -0.2) is 23.5 Å². The molecule has 0 spiro atoms. The molecule has 0 aliphatic rings. The lowest BCUT2D eigenvalue weighted by atomic mass is 10.3. The Morgan fingerprint density at radius 2 is 2.30 bits per heavy atom. The third-order valence-corrected chi connectivity index (χ3v) is 1.92. The monoisotopic (exact) mass is 179 g/mol. The van der Waals surface area contributed by atoms with E-state index in [1.165, 1.54) is 0 Å². The van der Waals surface area contributed by atoms with Gasteiger partial charge in [0, 0.05) is 12.3 Å². The molecule has 0 aromatic carbocycles. The van der Waals surface area contributed by atoms with Crippen LogP contribution in [0.25, 0.3) is 0 Å². The van der Waals surface area contributed by atoms with E-state index in [1.54, 1.807) is 0 Å². The molecule has 0 saturated carbocycles. The molecule has 1 atom stereocenters. The van der Waals surface area contributed by atoms with Crippen molar-refractivity contribution in [3.63, 3.8) is 0 Å². The van der Waals surface area contributed by atoms with Crippen LogP contribution in [0.2, 0.25) is 0 Å². The molecule has 10 heavy (non-hydrogen) atoms. The molecular weight excluding hydrogens is 166 g/mol. The van der Waals surface area contributed by atoms with Crippen molar-refractivity contribution in [3.8, 4) is 0 Å². The molecule has 0 aromatic rings. The topological polar surface area (TPSA) is 29.1 Å². The van der Waals surface area contributed by atoms with Gasteiger partial charge in [-0.15, -0.1) is 0 Å². The fourth-order valence-electron chi connectivity index (χ4n) is 0.482. The van der Waals surface area contributed by atoms with Gasteiger partial charge in [0.25, 0.3) is 0 Å². The van der Waals surface area contributed by atoms with Gasteiger partial charge < -0.3 is 5.32 Å². The molecule has 0 aliphatic carbocycles. The van der Waals surface area contributed by atoms with Gasteiger partial charge in [-0.2, -0.15) is 25.3 Å². The first-order valence-corrected chi connectivity index (χ1v) is 4.43. The third kappa shape index (κ3) is 4.06. The summed E-state index contributed by atoms with van der Waals surface area (Å²) in [4.78, 5) is 10.9. The maximum Gasteiger partial charge on any atom is 0.232 e. The SMILES string of the molecule is CCC(S)C(=O)NCCS. The Bertz CT molecular complexity index is 108. The summed E-state index contributed by atoms with van der Waals surface area (Å²) in [6, 6.07) is 0. The van der Waals surface area contributed by atoms with Gasteiger partial charge >= 0.3 is 0 Å². The number of nitrogens with one attached hydrogen (secondary N) is 1. The number of carbonyl (C=O) groups is 1. The zero-order valence-corrected chi connectivity index (χ0v) is 7.79. The van der Waals surface area contributed by atoms with Crippen molar-refractivity contribution in [1.29, 1.82) is 0 Å². The van der Waals surface area contributed by atoms with Gasteiger partial charge in [0.15, 0.2) is 0 Å². The minimum absolute atomic E-state index is 0.000108. The van der Waals surface area contributed by atoms with E-state index >= 15 is 0 Å². The molecule has 2 nitrogen and oxygen atoms in total. The number of thiol groups is 2. The highest BCUT2D eigenvalue weighted by molar-refractivity contribution is 7.81. The van der Waals surface area contributed by atoms with Gasteiger partial charge in [-0.3, -0.25) is 4.79 Å². The molecule has 0 saturated heterocycles. The Hall–Kier alpha value is 0.170. The number of carbonyl (C=O) groups excluding carboxylic acids is 1. The summed E-state index contributed by atoms with van der Waals surface area (Å²) in [6.07, 6.45) is 0.765. The smallest absolute Gasteiger partial charge is 0.232 e. The van der Waals surface area contributed by atoms with E-state index in [-0.39, 0.29) is 11.2 Å². The minimum atomic E-state index is -0.167. The molecule has 0 fully saturated rings.